The summed E-state index contributed by atoms with van der Waals surface area (Å²) >= 11 is 0. The average molecular weight is 891 g/mol. The molecule has 0 aromatic carbocycles. The minimum absolute atomic E-state index is 0.0254. The molecule has 2 unspecified atom stereocenters. The average Bonchev–Trinajstić information content (AvgIpc) is 3.26. The molecule has 1 N–H and O–H groups in total. The molecule has 0 fully saturated rings. The number of carbonyl (C=O) groups excluding carboxylic acids is 2. The second-order valence-corrected chi connectivity index (χ2v) is 17.3. The molecule has 0 rings (SSSR count). The SMILES string of the molecule is CC/C=C/C/C=C/C/C=C/C/C=C/C/C=C/C/C=C/CCCCCCC(=O)OCC(COCCC(C(=O)O)[N+](C)(C)C)OC(=O)CCC/C=C/C/C=C/C/C=C/CCCCCCCC. The number of carboxylic acid groups (broad SMARTS) is 1. The standard InChI is InChI=1S/C56H91NO7/c1-6-8-10-12-14-16-18-20-22-24-25-26-27-28-29-31-32-34-36-38-40-42-44-46-54(58)63-51-52(50-62-49-48-53(56(60)61)57(3,4)5)64-55(59)47-45-43-41-39-37-35-33-30-23-21-19-17-15-13-11-9-7-2/h8,10,14,16,20-23,25-26,28-29,32-35,39,41,52-53H,6-7,9,11-13,15,17-19,24,27,30-31,36-38,40,42-51H2,1-5H3/p+1/b10-8+,16-14+,22-20+,23-21+,26-25+,29-28+,34-32+,35-33+,41-39+. The summed E-state index contributed by atoms with van der Waals surface area (Å²) in [4.78, 5) is 37.1. The second kappa shape index (κ2) is 45.6. The van der Waals surface area contributed by atoms with E-state index in [1.807, 2.05) is 21.1 Å². The fraction of sp³-hybridized carbons (Fsp3) is 0.625. The first-order valence-corrected chi connectivity index (χ1v) is 24.9. The third-order valence-electron chi connectivity index (χ3n) is 10.4. The predicted octanol–water partition coefficient (Wildman–Crippen LogP) is 14.4. The summed E-state index contributed by atoms with van der Waals surface area (Å²) in [6.07, 6.45) is 62.9. The van der Waals surface area contributed by atoms with Crippen LogP contribution >= 0.6 is 0 Å². The molecule has 64 heavy (non-hydrogen) atoms. The van der Waals surface area contributed by atoms with Gasteiger partial charge in [0, 0.05) is 19.3 Å². The molecule has 0 aliphatic carbocycles. The maximum Gasteiger partial charge on any atom is 0.362 e. The summed E-state index contributed by atoms with van der Waals surface area (Å²) in [5, 5.41) is 9.64. The number of quaternary nitrogens is 1. The van der Waals surface area contributed by atoms with Crippen molar-refractivity contribution < 1.29 is 38.2 Å². The van der Waals surface area contributed by atoms with Crippen molar-refractivity contribution >= 4 is 17.9 Å². The number of rotatable bonds is 43. The Bertz CT molecular complexity index is 1410. The number of carbonyl (C=O) groups is 3. The summed E-state index contributed by atoms with van der Waals surface area (Å²) in [5.74, 6) is -1.58. The molecule has 8 heteroatoms. The monoisotopic (exact) mass is 891 g/mol. The van der Waals surface area contributed by atoms with Crippen molar-refractivity contribution in [3.63, 3.8) is 0 Å². The van der Waals surface area contributed by atoms with Crippen molar-refractivity contribution in [2.75, 3.05) is 41.0 Å². The summed E-state index contributed by atoms with van der Waals surface area (Å²) in [6, 6.07) is -0.635. The Morgan fingerprint density at radius 1 is 0.484 bits per heavy atom. The molecule has 0 saturated heterocycles. The molecule has 8 nitrogen and oxygen atoms in total. The molecule has 362 valence electrons. The van der Waals surface area contributed by atoms with Crippen molar-refractivity contribution in [1.82, 2.24) is 0 Å². The van der Waals surface area contributed by atoms with Gasteiger partial charge in [0.15, 0.2) is 12.1 Å². The van der Waals surface area contributed by atoms with E-state index >= 15 is 0 Å². The van der Waals surface area contributed by atoms with Crippen LogP contribution in [-0.4, -0.2) is 80.6 Å². The maximum absolute atomic E-state index is 12.7. The Morgan fingerprint density at radius 3 is 1.34 bits per heavy atom. The lowest BCUT2D eigenvalue weighted by atomic mass is 10.1. The van der Waals surface area contributed by atoms with Gasteiger partial charge < -0.3 is 23.8 Å². The van der Waals surface area contributed by atoms with Gasteiger partial charge in [0.2, 0.25) is 0 Å². The van der Waals surface area contributed by atoms with Gasteiger partial charge in [-0.05, 0) is 96.3 Å². The number of aliphatic carboxylic acids is 1. The fourth-order valence-corrected chi connectivity index (χ4v) is 6.58. The van der Waals surface area contributed by atoms with Crippen LogP contribution < -0.4 is 0 Å². The Morgan fingerprint density at radius 2 is 0.891 bits per heavy atom. The fourth-order valence-electron chi connectivity index (χ4n) is 6.58. The van der Waals surface area contributed by atoms with Gasteiger partial charge in [-0.15, -0.1) is 0 Å². The maximum atomic E-state index is 12.7. The van der Waals surface area contributed by atoms with E-state index in [0.717, 1.165) is 89.9 Å². The highest BCUT2D eigenvalue weighted by Gasteiger charge is 2.31. The zero-order valence-corrected chi connectivity index (χ0v) is 41.2. The lowest BCUT2D eigenvalue weighted by Gasteiger charge is -2.31. The van der Waals surface area contributed by atoms with E-state index in [4.69, 9.17) is 14.2 Å². The molecule has 0 bridgehead atoms. The number of unbranched alkanes of at least 4 members (excludes halogenated alkanes) is 11. The van der Waals surface area contributed by atoms with Crippen LogP contribution in [0.4, 0.5) is 0 Å². The Kier molecular flexibility index (Phi) is 42.7. The van der Waals surface area contributed by atoms with Gasteiger partial charge >= 0.3 is 17.9 Å². The van der Waals surface area contributed by atoms with Crippen molar-refractivity contribution in [1.29, 1.82) is 0 Å². The van der Waals surface area contributed by atoms with Crippen LogP contribution in [0.2, 0.25) is 0 Å². The largest absolute Gasteiger partial charge is 0.477 e. The van der Waals surface area contributed by atoms with Gasteiger partial charge in [-0.1, -0.05) is 168 Å². The number of allylic oxidation sites excluding steroid dienone is 18. The van der Waals surface area contributed by atoms with E-state index in [-0.39, 0.29) is 42.7 Å². The Hall–Kier alpha value is -4.01. The molecule has 0 aromatic rings. The van der Waals surface area contributed by atoms with E-state index in [1.165, 1.54) is 44.9 Å². The van der Waals surface area contributed by atoms with Crippen LogP contribution in [0.15, 0.2) is 109 Å². The zero-order valence-electron chi connectivity index (χ0n) is 41.2. The summed E-state index contributed by atoms with van der Waals surface area (Å²) < 4.78 is 17.2. The molecular weight excluding hydrogens is 799 g/mol. The topological polar surface area (TPSA) is 99.1 Å². The highest BCUT2D eigenvalue weighted by molar-refractivity contribution is 5.72. The normalized spacial score (nSPS) is 13.8. The summed E-state index contributed by atoms with van der Waals surface area (Å²) in [5.41, 5.74) is 0. The first-order chi connectivity index (χ1) is 31.1. The molecule has 0 spiro atoms. The van der Waals surface area contributed by atoms with Crippen LogP contribution in [0.3, 0.4) is 0 Å². The second-order valence-electron chi connectivity index (χ2n) is 17.3. The highest BCUT2D eigenvalue weighted by Crippen LogP contribution is 2.12. The van der Waals surface area contributed by atoms with E-state index in [0.29, 0.717) is 19.3 Å². The molecule has 2 atom stereocenters. The van der Waals surface area contributed by atoms with Gasteiger partial charge in [0.1, 0.15) is 6.61 Å². The number of esters is 2. The molecule has 0 saturated carbocycles. The molecule has 0 heterocycles. The molecule has 0 aromatic heterocycles. The first-order valence-electron chi connectivity index (χ1n) is 24.9. The van der Waals surface area contributed by atoms with Crippen LogP contribution in [0.1, 0.15) is 174 Å². The number of likely N-dealkylation sites (N-methyl/N-ethyl adjacent to an activating group) is 1. The number of carboxylic acids is 1. The predicted molar refractivity (Wildman–Crippen MR) is 270 cm³/mol. The van der Waals surface area contributed by atoms with Gasteiger partial charge in [-0.3, -0.25) is 9.59 Å². The highest BCUT2D eigenvalue weighted by atomic mass is 16.6. The lowest BCUT2D eigenvalue weighted by molar-refractivity contribution is -0.887. The molecule has 0 radical (unpaired) electrons. The van der Waals surface area contributed by atoms with Crippen molar-refractivity contribution in [2.24, 2.45) is 0 Å². The Labute approximate surface area is 391 Å². The lowest BCUT2D eigenvalue weighted by Crippen LogP contribution is -2.50. The minimum Gasteiger partial charge on any atom is -0.477 e. The molecular formula is C56H92NO7+. The first kappa shape index (κ1) is 60.0. The quantitative estimate of drug-likeness (QED) is 0.0282. The number of ether oxygens (including phenoxy) is 3. The van der Waals surface area contributed by atoms with Crippen LogP contribution in [0.25, 0.3) is 0 Å². The third kappa shape index (κ3) is 43.3. The smallest absolute Gasteiger partial charge is 0.362 e. The van der Waals surface area contributed by atoms with Gasteiger partial charge in [-0.25, -0.2) is 4.79 Å². The Balaban J connectivity index is 4.42. The summed E-state index contributed by atoms with van der Waals surface area (Å²) in [6.45, 7) is 4.52. The number of hydrogen-bond acceptors (Lipinski definition) is 6. The van der Waals surface area contributed by atoms with E-state index < -0.39 is 18.1 Å². The van der Waals surface area contributed by atoms with Gasteiger partial charge in [0.05, 0.1) is 34.4 Å². The van der Waals surface area contributed by atoms with Gasteiger partial charge in [-0.2, -0.15) is 0 Å². The molecule has 0 aliphatic rings. The number of nitrogens with zero attached hydrogens (tertiary/aromatic N) is 1. The van der Waals surface area contributed by atoms with Crippen molar-refractivity contribution in [2.45, 2.75) is 187 Å². The van der Waals surface area contributed by atoms with Crippen LogP contribution in [-0.2, 0) is 28.6 Å². The van der Waals surface area contributed by atoms with Crippen LogP contribution in [0, 0.1) is 0 Å². The number of hydrogen-bond donors (Lipinski definition) is 1. The molecule has 0 aliphatic heterocycles. The van der Waals surface area contributed by atoms with Crippen LogP contribution in [0.5, 0.6) is 0 Å². The van der Waals surface area contributed by atoms with Gasteiger partial charge in [0.25, 0.3) is 0 Å². The summed E-state index contributed by atoms with van der Waals surface area (Å²) in [7, 11) is 5.50. The third-order valence-corrected chi connectivity index (χ3v) is 10.4. The van der Waals surface area contributed by atoms with E-state index in [1.54, 1.807) is 0 Å². The zero-order chi connectivity index (χ0) is 47.0. The van der Waals surface area contributed by atoms with Crippen molar-refractivity contribution in [3.8, 4) is 0 Å². The van der Waals surface area contributed by atoms with E-state index in [9.17, 15) is 19.5 Å². The van der Waals surface area contributed by atoms with Crippen molar-refractivity contribution in [3.05, 3.63) is 109 Å². The minimum atomic E-state index is -0.891. The van der Waals surface area contributed by atoms with E-state index in [2.05, 4.69) is 123 Å². The molecule has 0 amide bonds.